The molecule has 166 valence electrons. The van der Waals surface area contributed by atoms with Gasteiger partial charge in [0, 0.05) is 31.4 Å². The van der Waals surface area contributed by atoms with Crippen LogP contribution in [0.1, 0.15) is 36.7 Å². The van der Waals surface area contributed by atoms with Crippen molar-refractivity contribution in [1.82, 2.24) is 20.2 Å². The molecule has 4 rings (SSSR count). The van der Waals surface area contributed by atoms with Gasteiger partial charge < -0.3 is 24.7 Å². The highest BCUT2D eigenvalue weighted by Gasteiger charge is 2.57. The third-order valence-corrected chi connectivity index (χ3v) is 6.22. The second kappa shape index (κ2) is 9.90. The summed E-state index contributed by atoms with van der Waals surface area (Å²) in [6.07, 6.45) is 6.76. The maximum absolute atomic E-state index is 13.1. The average Bonchev–Trinajstić information content (AvgIpc) is 3.24. The van der Waals surface area contributed by atoms with Gasteiger partial charge in [-0.2, -0.15) is 0 Å². The van der Waals surface area contributed by atoms with Crippen LogP contribution in [0.2, 0.25) is 0 Å². The molecule has 2 aliphatic rings. The topological polar surface area (TPSA) is 77.4 Å². The molecule has 2 heterocycles. The molecule has 1 saturated heterocycles. The Labute approximate surface area is 189 Å². The van der Waals surface area contributed by atoms with Crippen LogP contribution < -0.4 is 20.1 Å². The minimum atomic E-state index is -0.365. The minimum Gasteiger partial charge on any atom is -0.497 e. The van der Waals surface area contributed by atoms with E-state index in [1.807, 2.05) is 36.0 Å². The summed E-state index contributed by atoms with van der Waals surface area (Å²) in [5, 5.41) is 6.65. The summed E-state index contributed by atoms with van der Waals surface area (Å²) in [5.74, 6) is 2.35. The van der Waals surface area contributed by atoms with E-state index in [0.29, 0.717) is 11.5 Å². The molecule has 1 saturated carbocycles. The summed E-state index contributed by atoms with van der Waals surface area (Å²) < 4.78 is 12.8. The smallest absolute Gasteiger partial charge is 0.224 e. The van der Waals surface area contributed by atoms with Gasteiger partial charge in [-0.05, 0) is 55.5 Å². The first-order valence-electron chi connectivity index (χ1n) is 9.77. The fourth-order valence-electron chi connectivity index (χ4n) is 4.39. The van der Waals surface area contributed by atoms with Crippen molar-refractivity contribution in [1.29, 1.82) is 0 Å². The van der Waals surface area contributed by atoms with E-state index in [2.05, 4.69) is 15.6 Å². The molecule has 1 aromatic carbocycles. The largest absolute Gasteiger partial charge is 0.497 e. The van der Waals surface area contributed by atoms with Gasteiger partial charge >= 0.3 is 0 Å². The summed E-state index contributed by atoms with van der Waals surface area (Å²) in [6.45, 7) is 2.00. The molecule has 0 radical (unpaired) electrons. The fourth-order valence-corrected chi connectivity index (χ4v) is 4.39. The third kappa shape index (κ3) is 4.68. The minimum absolute atomic E-state index is 0. The van der Waals surface area contributed by atoms with E-state index in [1.165, 1.54) is 0 Å². The molecule has 30 heavy (non-hydrogen) atoms. The van der Waals surface area contributed by atoms with E-state index in [4.69, 9.17) is 9.47 Å². The first-order chi connectivity index (χ1) is 13.6. The number of nitrogens with one attached hydrogen (secondary N) is 2. The Bertz CT molecular complexity index is 845. The fraction of sp³-hybridized carbons (Fsp3) is 0.524. The molecule has 2 N–H and O–H groups in total. The van der Waals surface area contributed by atoms with Gasteiger partial charge in [-0.15, -0.1) is 24.8 Å². The number of imidazole rings is 1. The van der Waals surface area contributed by atoms with Crippen LogP contribution >= 0.6 is 24.8 Å². The molecular formula is C21H30Cl2N4O3. The van der Waals surface area contributed by atoms with Crippen molar-refractivity contribution in [2.75, 3.05) is 27.3 Å². The molecule has 1 aromatic heterocycles. The van der Waals surface area contributed by atoms with Crippen molar-refractivity contribution in [3.05, 3.63) is 42.0 Å². The average molecular weight is 457 g/mol. The number of nitrogens with zero attached hydrogens (tertiary/aromatic N) is 2. The second-order valence-electron chi connectivity index (χ2n) is 7.85. The van der Waals surface area contributed by atoms with Gasteiger partial charge in [0.15, 0.2) is 0 Å². The zero-order valence-electron chi connectivity index (χ0n) is 17.5. The van der Waals surface area contributed by atoms with Gasteiger partial charge in [-0.1, -0.05) is 0 Å². The lowest BCUT2D eigenvalue weighted by molar-refractivity contribution is -0.123. The first-order valence-corrected chi connectivity index (χ1v) is 9.77. The molecule has 1 spiro atoms. The van der Waals surface area contributed by atoms with Crippen molar-refractivity contribution in [3.63, 3.8) is 0 Å². The number of piperidine rings is 1. The van der Waals surface area contributed by atoms with Gasteiger partial charge in [0.25, 0.3) is 0 Å². The highest BCUT2D eigenvalue weighted by atomic mass is 35.5. The number of aryl methyl sites for hydroxylation is 1. The van der Waals surface area contributed by atoms with Crippen molar-refractivity contribution in [3.8, 4) is 11.5 Å². The van der Waals surface area contributed by atoms with Crippen LogP contribution in [-0.2, 0) is 11.8 Å². The Kier molecular flexibility index (Phi) is 8.02. The Morgan fingerprint density at radius 2 is 1.83 bits per heavy atom. The van der Waals surface area contributed by atoms with E-state index in [9.17, 15) is 4.79 Å². The summed E-state index contributed by atoms with van der Waals surface area (Å²) >= 11 is 0. The summed E-state index contributed by atoms with van der Waals surface area (Å²) in [7, 11) is 5.18. The number of hydrogen-bond donors (Lipinski definition) is 2. The Morgan fingerprint density at radius 1 is 1.20 bits per heavy atom. The lowest BCUT2D eigenvalue weighted by Gasteiger charge is -2.25. The quantitative estimate of drug-likeness (QED) is 0.698. The molecular weight excluding hydrogens is 427 g/mol. The number of carbonyl (C=O) groups is 1. The molecule has 2 aromatic rings. The normalized spacial score (nSPS) is 19.8. The second-order valence-corrected chi connectivity index (χ2v) is 7.85. The van der Waals surface area contributed by atoms with Crippen LogP contribution in [0.15, 0.2) is 30.6 Å². The van der Waals surface area contributed by atoms with Crippen LogP contribution in [0.3, 0.4) is 0 Å². The molecule has 2 atom stereocenters. The number of methoxy groups -OCH3 is 2. The van der Waals surface area contributed by atoms with Gasteiger partial charge in [-0.3, -0.25) is 4.79 Å². The van der Waals surface area contributed by atoms with E-state index < -0.39 is 0 Å². The van der Waals surface area contributed by atoms with Crippen LogP contribution in [0.4, 0.5) is 0 Å². The van der Waals surface area contributed by atoms with Crippen molar-refractivity contribution in [2.45, 2.75) is 25.3 Å². The maximum Gasteiger partial charge on any atom is 0.224 e. The third-order valence-electron chi connectivity index (χ3n) is 6.22. The SMILES string of the molecule is COc1cc(OC)cc(C(NC(=O)C2CC23CCNCC3)c2nccn2C)c1.Cl.Cl. The zero-order valence-corrected chi connectivity index (χ0v) is 19.1. The molecule has 2 unspecified atom stereocenters. The summed E-state index contributed by atoms with van der Waals surface area (Å²) in [4.78, 5) is 17.6. The number of hydrogen-bond acceptors (Lipinski definition) is 5. The maximum atomic E-state index is 13.1. The number of amides is 1. The molecule has 2 fully saturated rings. The number of ether oxygens (including phenoxy) is 2. The number of aromatic nitrogens is 2. The Hall–Kier alpha value is -1.96. The van der Waals surface area contributed by atoms with Crippen LogP contribution in [-0.4, -0.2) is 42.8 Å². The summed E-state index contributed by atoms with van der Waals surface area (Å²) in [6, 6.07) is 5.31. The van der Waals surface area contributed by atoms with Crippen molar-refractivity contribution < 1.29 is 14.3 Å². The van der Waals surface area contributed by atoms with Crippen LogP contribution in [0.25, 0.3) is 0 Å². The zero-order chi connectivity index (χ0) is 19.7. The Balaban J connectivity index is 0.00000160. The highest BCUT2D eigenvalue weighted by molar-refractivity contribution is 5.85. The van der Waals surface area contributed by atoms with Gasteiger partial charge in [0.05, 0.1) is 14.2 Å². The predicted molar refractivity (Wildman–Crippen MR) is 120 cm³/mol. The van der Waals surface area contributed by atoms with E-state index in [1.54, 1.807) is 20.4 Å². The molecule has 1 amide bonds. The molecule has 1 aliphatic carbocycles. The number of carbonyl (C=O) groups excluding carboxylic acids is 1. The number of halogens is 2. The van der Waals surface area contributed by atoms with E-state index in [0.717, 1.165) is 43.7 Å². The van der Waals surface area contributed by atoms with Crippen molar-refractivity contribution >= 4 is 30.7 Å². The van der Waals surface area contributed by atoms with E-state index >= 15 is 0 Å². The van der Waals surface area contributed by atoms with Gasteiger partial charge in [0.2, 0.25) is 5.91 Å². The number of rotatable bonds is 6. The van der Waals surface area contributed by atoms with Gasteiger partial charge in [0.1, 0.15) is 23.4 Å². The molecule has 1 aliphatic heterocycles. The predicted octanol–water partition coefficient (Wildman–Crippen LogP) is 2.88. The van der Waals surface area contributed by atoms with Crippen LogP contribution in [0.5, 0.6) is 11.5 Å². The highest BCUT2D eigenvalue weighted by Crippen LogP contribution is 2.58. The molecule has 7 nitrogen and oxygen atoms in total. The standard InChI is InChI=1S/C21H28N4O3.2ClH/c1-25-9-8-23-19(25)18(14-10-15(27-2)12-16(11-14)28-3)24-20(26)17-13-21(17)4-6-22-7-5-21;;/h8-12,17-18,22H,4-7,13H2,1-3H3,(H,24,26);2*1H. The molecule has 0 bridgehead atoms. The van der Waals surface area contributed by atoms with Crippen molar-refractivity contribution in [2.24, 2.45) is 18.4 Å². The number of benzene rings is 1. The Morgan fingerprint density at radius 3 is 2.37 bits per heavy atom. The first kappa shape index (κ1) is 24.3. The lowest BCUT2D eigenvalue weighted by Crippen LogP contribution is -2.36. The van der Waals surface area contributed by atoms with Crippen LogP contribution in [0, 0.1) is 11.3 Å². The van der Waals surface area contributed by atoms with E-state index in [-0.39, 0.29) is 48.1 Å². The van der Waals surface area contributed by atoms with Gasteiger partial charge in [-0.25, -0.2) is 4.98 Å². The monoisotopic (exact) mass is 456 g/mol. The lowest BCUT2D eigenvalue weighted by atomic mass is 9.91. The molecule has 9 heteroatoms. The summed E-state index contributed by atoms with van der Waals surface area (Å²) in [5.41, 5.74) is 1.08.